The van der Waals surface area contributed by atoms with Gasteiger partial charge in [-0.05, 0) is 59.9 Å². The number of pyridine rings is 1. The minimum atomic E-state index is -4.49. The molecule has 1 atom stereocenters. The van der Waals surface area contributed by atoms with E-state index in [1.165, 1.54) is 11.5 Å². The molecule has 0 radical (unpaired) electrons. The number of halogens is 3. The van der Waals surface area contributed by atoms with E-state index in [1.807, 2.05) is 38.1 Å². The number of esters is 1. The monoisotopic (exact) mass is 509 g/mol. The molecule has 0 aliphatic carbocycles. The van der Waals surface area contributed by atoms with Crippen LogP contribution in [-0.4, -0.2) is 29.1 Å². The number of nitrogens with zero attached hydrogens (tertiary/aromatic N) is 2. The molecule has 1 aliphatic heterocycles. The number of benzene rings is 2. The first-order chi connectivity index (χ1) is 17.6. The van der Waals surface area contributed by atoms with Crippen molar-refractivity contribution in [3.05, 3.63) is 82.8 Å². The Morgan fingerprint density at radius 3 is 2.73 bits per heavy atom. The van der Waals surface area contributed by atoms with Gasteiger partial charge in [0.25, 0.3) is 0 Å². The number of anilines is 1. The number of aryl methyl sites for hydroxylation is 1. The zero-order chi connectivity index (χ0) is 26.3. The third kappa shape index (κ3) is 4.85. The second kappa shape index (κ2) is 9.46. The van der Waals surface area contributed by atoms with Crippen molar-refractivity contribution in [3.63, 3.8) is 0 Å². The van der Waals surface area contributed by atoms with Crippen molar-refractivity contribution in [2.45, 2.75) is 38.9 Å². The van der Waals surface area contributed by atoms with Gasteiger partial charge in [0.1, 0.15) is 11.4 Å². The van der Waals surface area contributed by atoms with E-state index >= 15 is 0 Å². The molecule has 0 fully saturated rings. The van der Waals surface area contributed by atoms with E-state index in [0.29, 0.717) is 13.2 Å². The third-order valence-electron chi connectivity index (χ3n) is 6.83. The van der Waals surface area contributed by atoms with Crippen molar-refractivity contribution in [3.8, 4) is 16.9 Å². The first-order valence-corrected chi connectivity index (χ1v) is 11.9. The zero-order valence-electron chi connectivity index (χ0n) is 20.6. The molecule has 6 nitrogen and oxygen atoms in total. The number of hydrogen-bond donors (Lipinski definition) is 1. The highest BCUT2D eigenvalue weighted by Gasteiger charge is 2.34. The molecule has 0 saturated heterocycles. The highest BCUT2D eigenvalue weighted by atomic mass is 19.4. The Balaban J connectivity index is 1.37. The fourth-order valence-corrected chi connectivity index (χ4v) is 4.84. The number of imidazole rings is 1. The number of ether oxygens (including phenoxy) is 2. The lowest BCUT2D eigenvalue weighted by molar-refractivity contribution is -0.141. The summed E-state index contributed by atoms with van der Waals surface area (Å²) in [6.45, 7) is 5.00. The fourth-order valence-electron chi connectivity index (χ4n) is 4.84. The molecule has 4 aromatic rings. The summed E-state index contributed by atoms with van der Waals surface area (Å²) < 4.78 is 51.3. The number of hydrogen-bond acceptors (Lipinski definition) is 5. The van der Waals surface area contributed by atoms with Crippen LogP contribution in [0.2, 0.25) is 0 Å². The van der Waals surface area contributed by atoms with E-state index in [-0.39, 0.29) is 24.0 Å². The first kappa shape index (κ1) is 24.7. The molecular weight excluding hydrogens is 483 g/mol. The smallest absolute Gasteiger partial charge is 0.434 e. The Hall–Kier alpha value is -4.01. The van der Waals surface area contributed by atoms with E-state index in [1.54, 1.807) is 18.3 Å². The number of nitrogens with one attached hydrogen (secondary N) is 1. The number of alkyl halides is 3. The van der Waals surface area contributed by atoms with Crippen molar-refractivity contribution in [1.82, 2.24) is 9.38 Å². The van der Waals surface area contributed by atoms with Gasteiger partial charge in [0.05, 0.1) is 20.1 Å². The lowest BCUT2D eigenvalue weighted by atomic mass is 9.93. The van der Waals surface area contributed by atoms with Gasteiger partial charge in [0.15, 0.2) is 5.69 Å². The van der Waals surface area contributed by atoms with E-state index < -0.39 is 11.9 Å². The highest BCUT2D eigenvalue weighted by Crippen LogP contribution is 2.38. The largest absolute Gasteiger partial charge is 0.493 e. The molecule has 1 N–H and O–H groups in total. The van der Waals surface area contributed by atoms with Crippen molar-refractivity contribution in [2.24, 2.45) is 0 Å². The highest BCUT2D eigenvalue weighted by molar-refractivity contribution is 5.73. The SMILES string of the molecule is COC(=O)C[C@@H]1COc2cc(NCc3ccc(C)c(-c4ccc5nc(C(F)(F)F)cn5c4)c3C)ccc21. The number of carbonyl (C=O) groups is 1. The van der Waals surface area contributed by atoms with E-state index in [9.17, 15) is 18.0 Å². The average molecular weight is 510 g/mol. The predicted molar refractivity (Wildman–Crippen MR) is 134 cm³/mol. The molecule has 1 aliphatic rings. The van der Waals surface area contributed by atoms with Gasteiger partial charge in [-0.25, -0.2) is 4.98 Å². The van der Waals surface area contributed by atoms with Gasteiger partial charge in [0, 0.05) is 42.2 Å². The minimum Gasteiger partial charge on any atom is -0.493 e. The van der Waals surface area contributed by atoms with Gasteiger partial charge in [-0.3, -0.25) is 4.79 Å². The maximum Gasteiger partial charge on any atom is 0.434 e. The minimum absolute atomic E-state index is 0.0153. The van der Waals surface area contributed by atoms with Gasteiger partial charge >= 0.3 is 12.1 Å². The summed E-state index contributed by atoms with van der Waals surface area (Å²) in [5.41, 5.74) is 6.14. The van der Waals surface area contributed by atoms with Crippen LogP contribution in [0.15, 0.2) is 54.9 Å². The molecule has 192 valence electrons. The molecule has 0 amide bonds. The second-order valence-electron chi connectivity index (χ2n) is 9.24. The molecule has 0 spiro atoms. The maximum atomic E-state index is 13.1. The Morgan fingerprint density at radius 2 is 1.97 bits per heavy atom. The lowest BCUT2D eigenvalue weighted by Gasteiger charge is -2.16. The average Bonchev–Trinajstić information content (AvgIpc) is 3.47. The molecule has 2 aromatic heterocycles. The standard InChI is InChI=1S/C28H26F3N3O3/c1-16-4-5-18(12-32-21-7-8-22-20(10-26(35)36-3)15-37-23(22)11-21)17(2)27(16)19-6-9-25-33-24(28(29,30)31)14-34(25)13-19/h4-9,11,13-14,20,32H,10,12,15H2,1-3H3/t20-/m1/s1. The molecule has 37 heavy (non-hydrogen) atoms. The number of methoxy groups -OCH3 is 1. The third-order valence-corrected chi connectivity index (χ3v) is 6.83. The zero-order valence-corrected chi connectivity index (χ0v) is 20.6. The fraction of sp³-hybridized carbons (Fsp3) is 0.286. The summed E-state index contributed by atoms with van der Waals surface area (Å²) in [7, 11) is 1.38. The molecule has 5 rings (SSSR count). The van der Waals surface area contributed by atoms with Crippen LogP contribution in [0.1, 0.15) is 40.3 Å². The summed E-state index contributed by atoms with van der Waals surface area (Å²) in [4.78, 5) is 15.3. The Bertz CT molecular complexity index is 1490. The van der Waals surface area contributed by atoms with Gasteiger partial charge in [-0.2, -0.15) is 13.2 Å². The van der Waals surface area contributed by atoms with Crippen molar-refractivity contribution in [2.75, 3.05) is 19.0 Å². The number of aromatic nitrogens is 2. The molecule has 0 unspecified atom stereocenters. The van der Waals surface area contributed by atoms with Crippen LogP contribution in [0.4, 0.5) is 18.9 Å². The van der Waals surface area contributed by atoms with Gasteiger partial charge in [-0.1, -0.05) is 18.2 Å². The van der Waals surface area contributed by atoms with Crippen LogP contribution in [0.25, 0.3) is 16.8 Å². The van der Waals surface area contributed by atoms with Gasteiger partial charge in [0.2, 0.25) is 0 Å². The molecule has 9 heteroatoms. The topological polar surface area (TPSA) is 64.9 Å². The Labute approximate surface area is 212 Å². The maximum absolute atomic E-state index is 13.1. The Kier molecular flexibility index (Phi) is 6.31. The number of carbonyl (C=O) groups excluding carboxylic acids is 1. The van der Waals surface area contributed by atoms with Crippen LogP contribution in [-0.2, 0) is 22.3 Å². The molecule has 3 heterocycles. The molecule has 2 aromatic carbocycles. The van der Waals surface area contributed by atoms with E-state index in [0.717, 1.165) is 51.0 Å². The summed E-state index contributed by atoms with van der Waals surface area (Å²) in [5, 5.41) is 3.43. The first-order valence-electron chi connectivity index (χ1n) is 11.9. The molecular formula is C28H26F3N3O3. The molecule has 0 saturated carbocycles. The summed E-state index contributed by atoms with van der Waals surface area (Å²) in [5.74, 6) is 0.479. The van der Waals surface area contributed by atoms with Gasteiger partial charge in [-0.15, -0.1) is 0 Å². The van der Waals surface area contributed by atoms with Crippen LogP contribution >= 0.6 is 0 Å². The van der Waals surface area contributed by atoms with Gasteiger partial charge < -0.3 is 19.2 Å². The van der Waals surface area contributed by atoms with E-state index in [4.69, 9.17) is 9.47 Å². The van der Waals surface area contributed by atoms with Crippen LogP contribution in [0, 0.1) is 13.8 Å². The Morgan fingerprint density at radius 1 is 1.16 bits per heavy atom. The summed E-state index contributed by atoms with van der Waals surface area (Å²) in [6, 6.07) is 13.3. The number of rotatable bonds is 6. The second-order valence-corrected chi connectivity index (χ2v) is 9.24. The quantitative estimate of drug-likeness (QED) is 0.310. The predicted octanol–water partition coefficient (Wildman–Crippen LogP) is 6.29. The normalized spacial score (nSPS) is 14.9. The summed E-state index contributed by atoms with van der Waals surface area (Å²) >= 11 is 0. The van der Waals surface area contributed by atoms with E-state index in [2.05, 4.69) is 16.4 Å². The van der Waals surface area contributed by atoms with Crippen LogP contribution < -0.4 is 10.1 Å². The lowest BCUT2D eigenvalue weighted by Crippen LogP contribution is -2.09. The summed E-state index contributed by atoms with van der Waals surface area (Å²) in [6.07, 6.45) is -1.51. The number of fused-ring (bicyclic) bond motifs is 2. The van der Waals surface area contributed by atoms with Crippen molar-refractivity contribution < 1.29 is 27.4 Å². The molecule has 0 bridgehead atoms. The van der Waals surface area contributed by atoms with Crippen molar-refractivity contribution in [1.29, 1.82) is 0 Å². The van der Waals surface area contributed by atoms with Crippen molar-refractivity contribution >= 4 is 17.3 Å². The van der Waals surface area contributed by atoms with Crippen LogP contribution in [0.3, 0.4) is 0 Å². The van der Waals surface area contributed by atoms with Crippen LogP contribution in [0.5, 0.6) is 5.75 Å².